The first-order valence-corrected chi connectivity index (χ1v) is 3.28. The molecule has 0 amide bonds. The lowest BCUT2D eigenvalue weighted by molar-refractivity contribution is 0.734. The van der Waals surface area contributed by atoms with E-state index >= 15 is 0 Å². The summed E-state index contributed by atoms with van der Waals surface area (Å²) >= 11 is 3.28. The second-order valence-electron chi connectivity index (χ2n) is 1.62. The van der Waals surface area contributed by atoms with E-state index in [0.717, 1.165) is 0 Å². The molecule has 0 N–H and O–H groups in total. The Morgan fingerprint density at radius 3 is 2.25 bits per heavy atom. The highest BCUT2D eigenvalue weighted by Gasteiger charge is 2.03. The van der Waals surface area contributed by atoms with E-state index < -0.39 is 0 Å². The van der Waals surface area contributed by atoms with Crippen molar-refractivity contribution < 1.29 is 0 Å². The molecule has 2 unspecified atom stereocenters. The first kappa shape index (κ1) is 7.79. The maximum Gasteiger partial charge on any atom is 0.0468 e. The highest BCUT2D eigenvalue weighted by atomic mass is 79.9. The fourth-order valence-corrected chi connectivity index (χ4v) is 0.279. The molecule has 0 aliphatic heterocycles. The molecular formula is C4H8BrN3. The van der Waals surface area contributed by atoms with Crippen LogP contribution < -0.4 is 0 Å². The monoisotopic (exact) mass is 177 g/mol. The predicted molar refractivity (Wildman–Crippen MR) is 37.0 cm³/mol. The minimum Gasteiger partial charge on any atom is -0.0898 e. The summed E-state index contributed by atoms with van der Waals surface area (Å²) in [6, 6.07) is 0.0417. The molecule has 0 saturated heterocycles. The molecule has 8 heavy (non-hydrogen) atoms. The van der Waals surface area contributed by atoms with Gasteiger partial charge in [0.25, 0.3) is 0 Å². The van der Waals surface area contributed by atoms with Crippen molar-refractivity contribution in [3.63, 3.8) is 0 Å². The second kappa shape index (κ2) is 3.75. The van der Waals surface area contributed by atoms with Gasteiger partial charge in [-0.2, -0.15) is 0 Å². The molecule has 0 aromatic rings. The third-order valence-electron chi connectivity index (χ3n) is 0.899. The number of nitrogens with zero attached hydrogens (tertiary/aromatic N) is 3. The van der Waals surface area contributed by atoms with Gasteiger partial charge < -0.3 is 0 Å². The largest absolute Gasteiger partial charge is 0.0898 e. The zero-order valence-electron chi connectivity index (χ0n) is 4.87. The SMILES string of the molecule is CC(Br)C(C)N=[N+]=[N-]. The van der Waals surface area contributed by atoms with E-state index in [1.165, 1.54) is 0 Å². The minimum atomic E-state index is 0.0417. The van der Waals surface area contributed by atoms with Crippen molar-refractivity contribution in [1.82, 2.24) is 0 Å². The summed E-state index contributed by atoms with van der Waals surface area (Å²) in [5, 5.41) is 3.46. The Morgan fingerprint density at radius 2 is 2.12 bits per heavy atom. The quantitative estimate of drug-likeness (QED) is 0.270. The van der Waals surface area contributed by atoms with Crippen LogP contribution in [0.3, 0.4) is 0 Å². The summed E-state index contributed by atoms with van der Waals surface area (Å²) in [6.07, 6.45) is 0. The zero-order valence-corrected chi connectivity index (χ0v) is 6.46. The van der Waals surface area contributed by atoms with Crippen LogP contribution in [-0.4, -0.2) is 10.9 Å². The molecule has 0 saturated carbocycles. The number of azide groups is 1. The lowest BCUT2D eigenvalue weighted by Crippen LogP contribution is -2.08. The molecule has 0 fully saturated rings. The van der Waals surface area contributed by atoms with Gasteiger partial charge in [-0.15, -0.1) is 0 Å². The van der Waals surface area contributed by atoms with Gasteiger partial charge in [0.2, 0.25) is 0 Å². The molecule has 0 aromatic heterocycles. The predicted octanol–water partition coefficient (Wildman–Crippen LogP) is 2.47. The van der Waals surface area contributed by atoms with E-state index in [0.29, 0.717) is 0 Å². The van der Waals surface area contributed by atoms with Gasteiger partial charge in [0.15, 0.2) is 0 Å². The van der Waals surface area contributed by atoms with Gasteiger partial charge in [0.05, 0.1) is 0 Å². The van der Waals surface area contributed by atoms with Gasteiger partial charge in [0, 0.05) is 15.8 Å². The van der Waals surface area contributed by atoms with Gasteiger partial charge in [-0.25, -0.2) is 0 Å². The first-order valence-electron chi connectivity index (χ1n) is 2.36. The zero-order chi connectivity index (χ0) is 6.57. The lowest BCUT2D eigenvalue weighted by atomic mass is 10.3. The van der Waals surface area contributed by atoms with E-state index in [4.69, 9.17) is 5.53 Å². The number of hydrogen-bond acceptors (Lipinski definition) is 1. The van der Waals surface area contributed by atoms with E-state index in [1.807, 2.05) is 13.8 Å². The van der Waals surface area contributed by atoms with Gasteiger partial charge in [-0.3, -0.25) is 0 Å². The molecular weight excluding hydrogens is 170 g/mol. The smallest absolute Gasteiger partial charge is 0.0468 e. The van der Waals surface area contributed by atoms with Crippen molar-refractivity contribution in [2.75, 3.05) is 0 Å². The Bertz CT molecular complexity index is 106. The van der Waals surface area contributed by atoms with Crippen molar-refractivity contribution in [1.29, 1.82) is 0 Å². The molecule has 46 valence electrons. The Labute approximate surface area is 56.8 Å². The van der Waals surface area contributed by atoms with Crippen LogP contribution in [0.2, 0.25) is 0 Å². The summed E-state index contributed by atoms with van der Waals surface area (Å²) in [6.45, 7) is 3.80. The van der Waals surface area contributed by atoms with Crippen molar-refractivity contribution >= 4 is 15.9 Å². The summed E-state index contributed by atoms with van der Waals surface area (Å²) in [7, 11) is 0. The normalized spacial score (nSPS) is 16.4. The molecule has 0 aliphatic carbocycles. The minimum absolute atomic E-state index is 0.0417. The van der Waals surface area contributed by atoms with Crippen LogP contribution in [0.4, 0.5) is 0 Å². The Morgan fingerprint density at radius 1 is 1.62 bits per heavy atom. The molecule has 0 rings (SSSR count). The Balaban J connectivity index is 3.63. The molecule has 0 bridgehead atoms. The Hall–Kier alpha value is -0.210. The fraction of sp³-hybridized carbons (Fsp3) is 1.00. The number of rotatable bonds is 2. The highest BCUT2D eigenvalue weighted by Crippen LogP contribution is 2.06. The van der Waals surface area contributed by atoms with Crippen LogP contribution in [0, 0.1) is 0 Å². The van der Waals surface area contributed by atoms with Crippen LogP contribution in [0.5, 0.6) is 0 Å². The highest BCUT2D eigenvalue weighted by molar-refractivity contribution is 9.09. The van der Waals surface area contributed by atoms with Crippen molar-refractivity contribution in [3.8, 4) is 0 Å². The van der Waals surface area contributed by atoms with E-state index in [-0.39, 0.29) is 10.9 Å². The van der Waals surface area contributed by atoms with Gasteiger partial charge in [0.1, 0.15) is 0 Å². The maximum atomic E-state index is 7.92. The van der Waals surface area contributed by atoms with E-state index in [1.54, 1.807) is 0 Å². The summed E-state index contributed by atoms with van der Waals surface area (Å²) < 4.78 is 0. The fourth-order valence-electron chi connectivity index (χ4n) is 0.173. The molecule has 0 heterocycles. The Kier molecular flexibility index (Phi) is 3.65. The molecule has 2 atom stereocenters. The molecule has 0 aromatic carbocycles. The molecule has 0 spiro atoms. The lowest BCUT2D eigenvalue weighted by Gasteiger charge is -2.03. The second-order valence-corrected chi connectivity index (χ2v) is 3.07. The molecule has 4 heteroatoms. The average Bonchev–Trinajstić information content (AvgIpc) is 1.67. The topological polar surface area (TPSA) is 48.8 Å². The number of halogens is 1. The molecule has 0 radical (unpaired) electrons. The van der Waals surface area contributed by atoms with Crippen molar-refractivity contribution in [2.45, 2.75) is 24.7 Å². The summed E-state index contributed by atoms with van der Waals surface area (Å²) in [5.41, 5.74) is 7.92. The van der Waals surface area contributed by atoms with Crippen molar-refractivity contribution in [2.24, 2.45) is 5.11 Å². The third kappa shape index (κ3) is 2.88. The van der Waals surface area contributed by atoms with Crippen LogP contribution in [0.1, 0.15) is 13.8 Å². The maximum absolute atomic E-state index is 7.92. The molecule has 3 nitrogen and oxygen atoms in total. The third-order valence-corrected chi connectivity index (χ3v) is 1.66. The standard InChI is InChI=1S/C4H8BrN3/c1-3(5)4(2)7-8-6/h3-4H,1-2H3. The van der Waals surface area contributed by atoms with E-state index in [9.17, 15) is 0 Å². The number of alkyl halides is 1. The van der Waals surface area contributed by atoms with Crippen LogP contribution in [-0.2, 0) is 0 Å². The summed E-state index contributed by atoms with van der Waals surface area (Å²) in [4.78, 5) is 2.91. The first-order chi connectivity index (χ1) is 3.68. The van der Waals surface area contributed by atoms with Crippen molar-refractivity contribution in [3.05, 3.63) is 10.4 Å². The van der Waals surface area contributed by atoms with Crippen LogP contribution >= 0.6 is 15.9 Å². The van der Waals surface area contributed by atoms with Gasteiger partial charge in [-0.05, 0) is 5.53 Å². The van der Waals surface area contributed by atoms with E-state index in [2.05, 4.69) is 26.0 Å². The average molecular weight is 178 g/mol. The van der Waals surface area contributed by atoms with Gasteiger partial charge >= 0.3 is 0 Å². The van der Waals surface area contributed by atoms with Crippen LogP contribution in [0.25, 0.3) is 10.4 Å². The molecule has 0 aliphatic rings. The van der Waals surface area contributed by atoms with Gasteiger partial charge in [-0.1, -0.05) is 34.9 Å². The number of hydrogen-bond donors (Lipinski definition) is 0. The van der Waals surface area contributed by atoms with Crippen LogP contribution in [0.15, 0.2) is 5.11 Å². The summed E-state index contributed by atoms with van der Waals surface area (Å²) in [5.74, 6) is 0.